The summed E-state index contributed by atoms with van der Waals surface area (Å²) in [7, 11) is 1.59. The molecule has 128 valence electrons. The molecular weight excluding hydrogens is 319 g/mol. The zero-order valence-corrected chi connectivity index (χ0v) is 13.1. The van der Waals surface area contributed by atoms with E-state index in [1.807, 2.05) is 0 Å². The Morgan fingerprint density at radius 2 is 1.83 bits per heavy atom. The molecule has 0 atom stereocenters. The summed E-state index contributed by atoms with van der Waals surface area (Å²) in [6.45, 7) is -2.24. The molecule has 4 nitrogen and oxygen atoms in total. The number of aliphatic imine (C=N–C) groups is 1. The summed E-state index contributed by atoms with van der Waals surface area (Å²) >= 11 is 0. The van der Waals surface area contributed by atoms with E-state index in [1.165, 1.54) is 18.2 Å². The Bertz CT molecular complexity index is 692. The van der Waals surface area contributed by atoms with E-state index in [0.717, 1.165) is 5.56 Å². The van der Waals surface area contributed by atoms with E-state index in [0.29, 0.717) is 18.1 Å². The van der Waals surface area contributed by atoms with Gasteiger partial charge in [0.05, 0.1) is 0 Å². The minimum absolute atomic E-state index is 0.112. The summed E-state index contributed by atoms with van der Waals surface area (Å²) < 4.78 is 42.4. The van der Waals surface area contributed by atoms with Crippen molar-refractivity contribution in [1.82, 2.24) is 10.6 Å². The molecule has 0 amide bonds. The molecule has 0 bridgehead atoms. The number of nitrogens with one attached hydrogen (secondary N) is 2. The van der Waals surface area contributed by atoms with Crippen LogP contribution < -0.4 is 15.4 Å². The highest BCUT2D eigenvalue weighted by atomic mass is 19.3. The lowest BCUT2D eigenvalue weighted by Gasteiger charge is -2.14. The topological polar surface area (TPSA) is 45.7 Å². The molecule has 0 saturated carbocycles. The minimum atomic E-state index is -2.88. The number of nitrogens with zero attached hydrogens (tertiary/aromatic N) is 1. The zero-order valence-electron chi connectivity index (χ0n) is 13.1. The lowest BCUT2D eigenvalue weighted by molar-refractivity contribution is -0.0504. The molecule has 0 radical (unpaired) electrons. The van der Waals surface area contributed by atoms with Gasteiger partial charge in [0, 0.05) is 25.7 Å². The van der Waals surface area contributed by atoms with Gasteiger partial charge in [0.1, 0.15) is 11.6 Å². The molecule has 0 aliphatic rings. The first-order chi connectivity index (χ1) is 11.6. The Balaban J connectivity index is 1.92. The first-order valence-corrected chi connectivity index (χ1v) is 7.30. The Morgan fingerprint density at radius 1 is 1.08 bits per heavy atom. The maximum atomic E-state index is 13.1. The molecule has 7 heteroatoms. The molecule has 2 rings (SSSR count). The molecule has 0 spiro atoms. The van der Waals surface area contributed by atoms with Crippen molar-refractivity contribution in [1.29, 1.82) is 0 Å². The van der Waals surface area contributed by atoms with Crippen molar-refractivity contribution in [3.05, 3.63) is 65.5 Å². The van der Waals surface area contributed by atoms with Gasteiger partial charge in [-0.15, -0.1) is 0 Å². The number of guanidine groups is 1. The predicted octanol–water partition coefficient (Wildman–Crippen LogP) is 3.29. The third kappa shape index (κ3) is 5.49. The molecule has 0 saturated heterocycles. The Hall–Kier alpha value is -2.70. The lowest BCUT2D eigenvalue weighted by Crippen LogP contribution is -2.36. The van der Waals surface area contributed by atoms with Gasteiger partial charge in [0.25, 0.3) is 0 Å². The maximum Gasteiger partial charge on any atom is 0.387 e. The highest BCUT2D eigenvalue weighted by Crippen LogP contribution is 2.19. The first-order valence-electron chi connectivity index (χ1n) is 7.30. The van der Waals surface area contributed by atoms with E-state index in [2.05, 4.69) is 20.4 Å². The van der Waals surface area contributed by atoms with Crippen LogP contribution in [-0.4, -0.2) is 19.6 Å². The molecule has 2 aromatic carbocycles. The molecule has 0 aliphatic heterocycles. The zero-order chi connectivity index (χ0) is 17.4. The van der Waals surface area contributed by atoms with Gasteiger partial charge in [0.15, 0.2) is 5.96 Å². The van der Waals surface area contributed by atoms with Crippen LogP contribution in [0.1, 0.15) is 11.1 Å². The van der Waals surface area contributed by atoms with Crippen LogP contribution in [0.25, 0.3) is 0 Å². The van der Waals surface area contributed by atoms with E-state index in [1.54, 1.807) is 37.4 Å². The quantitative estimate of drug-likeness (QED) is 0.628. The van der Waals surface area contributed by atoms with Crippen molar-refractivity contribution in [2.24, 2.45) is 4.99 Å². The highest BCUT2D eigenvalue weighted by Gasteiger charge is 2.09. The van der Waals surface area contributed by atoms with Gasteiger partial charge >= 0.3 is 6.61 Å². The normalized spacial score (nSPS) is 11.5. The van der Waals surface area contributed by atoms with Crippen LogP contribution >= 0.6 is 0 Å². The predicted molar refractivity (Wildman–Crippen MR) is 86.5 cm³/mol. The third-order valence-electron chi connectivity index (χ3n) is 3.21. The molecule has 2 N–H and O–H groups in total. The molecular formula is C17H18F3N3O. The second-order valence-electron chi connectivity index (χ2n) is 4.90. The van der Waals surface area contributed by atoms with E-state index in [-0.39, 0.29) is 18.1 Å². The van der Waals surface area contributed by atoms with Gasteiger partial charge in [-0.25, -0.2) is 4.39 Å². The number of hydrogen-bond donors (Lipinski definition) is 2. The van der Waals surface area contributed by atoms with E-state index < -0.39 is 6.61 Å². The van der Waals surface area contributed by atoms with Crippen LogP contribution in [-0.2, 0) is 13.1 Å². The maximum absolute atomic E-state index is 13.1. The fraction of sp³-hybridized carbons (Fsp3) is 0.235. The fourth-order valence-corrected chi connectivity index (χ4v) is 2.09. The molecule has 0 heterocycles. The number of alkyl halides is 2. The summed E-state index contributed by atoms with van der Waals surface area (Å²) in [6.07, 6.45) is 0. The standard InChI is InChI=1S/C17H18F3N3O/c1-21-17(22-10-12-5-4-7-14(18)9-12)23-11-13-6-2-3-8-15(13)24-16(19)20/h2-9,16H,10-11H2,1H3,(H2,21,22,23). The van der Waals surface area contributed by atoms with Gasteiger partial charge in [0.2, 0.25) is 0 Å². The lowest BCUT2D eigenvalue weighted by atomic mass is 10.2. The molecule has 0 fully saturated rings. The summed E-state index contributed by atoms with van der Waals surface area (Å²) in [5.74, 6) is 0.266. The second-order valence-corrected chi connectivity index (χ2v) is 4.90. The van der Waals surface area contributed by atoms with Crippen molar-refractivity contribution in [2.75, 3.05) is 7.05 Å². The van der Waals surface area contributed by atoms with Crippen LogP contribution in [0.3, 0.4) is 0 Å². The first kappa shape index (κ1) is 17.7. The average molecular weight is 337 g/mol. The third-order valence-corrected chi connectivity index (χ3v) is 3.21. The summed E-state index contributed by atoms with van der Waals surface area (Å²) in [5.41, 5.74) is 1.34. The molecule has 0 unspecified atom stereocenters. The van der Waals surface area contributed by atoms with Gasteiger partial charge in [-0.3, -0.25) is 4.99 Å². The Labute approximate surface area is 138 Å². The monoisotopic (exact) mass is 337 g/mol. The number of hydrogen-bond acceptors (Lipinski definition) is 2. The smallest absolute Gasteiger partial charge is 0.387 e. The summed E-state index contributed by atoms with van der Waals surface area (Å²) in [5, 5.41) is 6.03. The van der Waals surface area contributed by atoms with Crippen molar-refractivity contribution in [3.63, 3.8) is 0 Å². The summed E-state index contributed by atoms with van der Waals surface area (Å²) in [6, 6.07) is 12.7. The van der Waals surface area contributed by atoms with Crippen LogP contribution in [0.4, 0.5) is 13.2 Å². The van der Waals surface area contributed by atoms with Crippen LogP contribution in [0.5, 0.6) is 5.75 Å². The Morgan fingerprint density at radius 3 is 2.54 bits per heavy atom. The minimum Gasteiger partial charge on any atom is -0.434 e. The second kappa shape index (κ2) is 8.81. The SMILES string of the molecule is CN=C(NCc1cccc(F)c1)NCc1ccccc1OC(F)F. The van der Waals surface area contributed by atoms with Crippen LogP contribution in [0.15, 0.2) is 53.5 Å². The van der Waals surface area contributed by atoms with Crippen LogP contribution in [0.2, 0.25) is 0 Å². The molecule has 0 aromatic heterocycles. The number of para-hydroxylation sites is 1. The number of halogens is 3. The van der Waals surface area contributed by atoms with Crippen molar-refractivity contribution in [2.45, 2.75) is 19.7 Å². The molecule has 2 aromatic rings. The van der Waals surface area contributed by atoms with Crippen molar-refractivity contribution >= 4 is 5.96 Å². The molecule has 24 heavy (non-hydrogen) atoms. The van der Waals surface area contributed by atoms with E-state index in [4.69, 9.17) is 0 Å². The van der Waals surface area contributed by atoms with Crippen molar-refractivity contribution in [3.8, 4) is 5.75 Å². The largest absolute Gasteiger partial charge is 0.434 e. The number of ether oxygens (including phenoxy) is 1. The molecule has 0 aliphatic carbocycles. The van der Waals surface area contributed by atoms with Gasteiger partial charge in [-0.1, -0.05) is 30.3 Å². The van der Waals surface area contributed by atoms with E-state index in [9.17, 15) is 13.2 Å². The van der Waals surface area contributed by atoms with Gasteiger partial charge < -0.3 is 15.4 Å². The van der Waals surface area contributed by atoms with Gasteiger partial charge in [-0.05, 0) is 23.8 Å². The number of benzene rings is 2. The Kier molecular flexibility index (Phi) is 6.48. The highest BCUT2D eigenvalue weighted by molar-refractivity contribution is 5.79. The van der Waals surface area contributed by atoms with E-state index >= 15 is 0 Å². The average Bonchev–Trinajstić information content (AvgIpc) is 2.56. The van der Waals surface area contributed by atoms with Crippen molar-refractivity contribution < 1.29 is 17.9 Å². The van der Waals surface area contributed by atoms with Crippen LogP contribution in [0, 0.1) is 5.82 Å². The fourth-order valence-electron chi connectivity index (χ4n) is 2.09. The number of rotatable bonds is 6. The summed E-state index contributed by atoms with van der Waals surface area (Å²) in [4.78, 5) is 4.04. The van der Waals surface area contributed by atoms with Gasteiger partial charge in [-0.2, -0.15) is 8.78 Å².